The van der Waals surface area contributed by atoms with E-state index in [1.165, 1.54) is 13.0 Å². The van der Waals surface area contributed by atoms with E-state index in [4.69, 9.17) is 0 Å². The van der Waals surface area contributed by atoms with E-state index >= 15 is 0 Å². The first-order valence-corrected chi connectivity index (χ1v) is 7.75. The molecule has 128 valence electrons. The minimum atomic E-state index is -0.958. The van der Waals surface area contributed by atoms with Gasteiger partial charge in [0.2, 0.25) is 5.91 Å². The molecule has 2 atom stereocenters. The summed E-state index contributed by atoms with van der Waals surface area (Å²) in [6, 6.07) is 8.98. The normalized spacial score (nSPS) is 13.3. The van der Waals surface area contributed by atoms with Gasteiger partial charge in [-0.05, 0) is 37.6 Å². The van der Waals surface area contributed by atoms with Gasteiger partial charge in [0.15, 0.2) is 0 Å². The van der Waals surface area contributed by atoms with Gasteiger partial charge in [-0.25, -0.2) is 8.78 Å². The summed E-state index contributed by atoms with van der Waals surface area (Å²) >= 11 is 0. The van der Waals surface area contributed by atoms with Gasteiger partial charge in [0.1, 0.15) is 11.6 Å². The van der Waals surface area contributed by atoms with Gasteiger partial charge in [-0.1, -0.05) is 12.1 Å². The number of rotatable bonds is 7. The van der Waals surface area contributed by atoms with Crippen molar-refractivity contribution in [1.82, 2.24) is 10.3 Å². The Balaban J connectivity index is 1.96. The second-order valence-electron chi connectivity index (χ2n) is 5.68. The first-order chi connectivity index (χ1) is 11.5. The van der Waals surface area contributed by atoms with Crippen LogP contribution >= 0.6 is 0 Å². The molecule has 2 N–H and O–H groups in total. The Kier molecular flexibility index (Phi) is 6.37. The maximum atomic E-state index is 13.7. The lowest BCUT2D eigenvalue weighted by Gasteiger charge is -2.18. The molecule has 0 spiro atoms. The molecule has 0 aliphatic heterocycles. The number of carbonyl (C=O) groups is 1. The predicted octanol–water partition coefficient (Wildman–Crippen LogP) is 2.43. The smallest absolute Gasteiger partial charge is 0.227 e. The lowest BCUT2D eigenvalue weighted by Crippen LogP contribution is -2.35. The number of aliphatic hydroxyl groups excluding tert-OH is 1. The van der Waals surface area contributed by atoms with Gasteiger partial charge < -0.3 is 10.4 Å². The Bertz CT molecular complexity index is 660. The Hall–Kier alpha value is -2.34. The number of amides is 1. The van der Waals surface area contributed by atoms with Crippen molar-refractivity contribution < 1.29 is 18.7 Å². The number of aromatic nitrogens is 1. The summed E-state index contributed by atoms with van der Waals surface area (Å²) < 4.78 is 27.5. The van der Waals surface area contributed by atoms with E-state index in [1.54, 1.807) is 12.3 Å². The lowest BCUT2D eigenvalue weighted by atomic mass is 9.98. The molecule has 1 aromatic heterocycles. The van der Waals surface area contributed by atoms with Crippen LogP contribution in [0.25, 0.3) is 0 Å². The van der Waals surface area contributed by atoms with Gasteiger partial charge >= 0.3 is 0 Å². The van der Waals surface area contributed by atoms with Crippen LogP contribution in [0, 0.1) is 17.6 Å². The molecular weight excluding hydrogens is 314 g/mol. The molecule has 0 fully saturated rings. The fourth-order valence-corrected chi connectivity index (χ4v) is 2.47. The van der Waals surface area contributed by atoms with Crippen molar-refractivity contribution in [3.63, 3.8) is 0 Å². The maximum absolute atomic E-state index is 13.7. The van der Waals surface area contributed by atoms with E-state index in [-0.39, 0.29) is 24.6 Å². The van der Waals surface area contributed by atoms with Gasteiger partial charge in [-0.15, -0.1) is 0 Å². The van der Waals surface area contributed by atoms with E-state index in [9.17, 15) is 18.7 Å². The third-order valence-corrected chi connectivity index (χ3v) is 3.87. The van der Waals surface area contributed by atoms with Crippen LogP contribution in [0.5, 0.6) is 0 Å². The van der Waals surface area contributed by atoms with Crippen molar-refractivity contribution in [2.45, 2.75) is 19.3 Å². The first-order valence-electron chi connectivity index (χ1n) is 7.75. The molecule has 2 aromatic rings. The number of nitrogens with zero attached hydrogens (tertiary/aromatic N) is 1. The van der Waals surface area contributed by atoms with Crippen LogP contribution in [-0.4, -0.2) is 29.1 Å². The minimum Gasteiger partial charge on any atom is -0.396 e. The highest BCUT2D eigenvalue weighted by molar-refractivity contribution is 5.83. The van der Waals surface area contributed by atoms with Gasteiger partial charge in [-0.3, -0.25) is 9.78 Å². The molecule has 2 unspecified atom stereocenters. The van der Waals surface area contributed by atoms with E-state index in [0.29, 0.717) is 6.42 Å². The number of halogens is 2. The SMILES string of the molecule is CC(C(=O)NCC(CO)Cc1ccccn1)c1c(F)cccc1F. The van der Waals surface area contributed by atoms with Crippen LogP contribution in [0.3, 0.4) is 0 Å². The topological polar surface area (TPSA) is 62.2 Å². The number of aliphatic hydroxyl groups is 1. The third kappa shape index (κ3) is 4.58. The van der Waals surface area contributed by atoms with Crippen LogP contribution in [0.15, 0.2) is 42.6 Å². The van der Waals surface area contributed by atoms with Crippen LogP contribution in [0.1, 0.15) is 24.1 Å². The molecule has 0 aliphatic rings. The molecule has 0 saturated heterocycles. The van der Waals surface area contributed by atoms with Crippen molar-refractivity contribution in [2.24, 2.45) is 5.92 Å². The molecule has 1 amide bonds. The molecule has 0 saturated carbocycles. The zero-order chi connectivity index (χ0) is 17.5. The number of hydrogen-bond acceptors (Lipinski definition) is 3. The molecule has 2 rings (SSSR count). The van der Waals surface area contributed by atoms with Crippen molar-refractivity contribution in [1.29, 1.82) is 0 Å². The number of pyridine rings is 1. The third-order valence-electron chi connectivity index (χ3n) is 3.87. The first kappa shape index (κ1) is 18.0. The van der Waals surface area contributed by atoms with Crippen molar-refractivity contribution in [3.05, 3.63) is 65.5 Å². The fourth-order valence-electron chi connectivity index (χ4n) is 2.47. The lowest BCUT2D eigenvalue weighted by molar-refractivity contribution is -0.122. The molecule has 4 nitrogen and oxygen atoms in total. The van der Waals surface area contributed by atoms with Crippen LogP contribution in [-0.2, 0) is 11.2 Å². The monoisotopic (exact) mass is 334 g/mol. The quantitative estimate of drug-likeness (QED) is 0.817. The molecular formula is C18H20F2N2O2. The maximum Gasteiger partial charge on any atom is 0.227 e. The molecule has 0 aliphatic carbocycles. The van der Waals surface area contributed by atoms with Crippen LogP contribution in [0.4, 0.5) is 8.78 Å². The van der Waals surface area contributed by atoms with Gasteiger partial charge in [0, 0.05) is 36.5 Å². The summed E-state index contributed by atoms with van der Waals surface area (Å²) in [7, 11) is 0. The molecule has 1 aromatic carbocycles. The Morgan fingerprint density at radius 3 is 2.50 bits per heavy atom. The molecule has 0 bridgehead atoms. The molecule has 6 heteroatoms. The van der Waals surface area contributed by atoms with Crippen LogP contribution < -0.4 is 5.32 Å². The highest BCUT2D eigenvalue weighted by atomic mass is 19.1. The summed E-state index contributed by atoms with van der Waals surface area (Å²) in [5, 5.41) is 12.1. The summed E-state index contributed by atoms with van der Waals surface area (Å²) in [5.41, 5.74) is 0.555. The zero-order valence-corrected chi connectivity index (χ0v) is 13.4. The highest BCUT2D eigenvalue weighted by Gasteiger charge is 2.23. The number of benzene rings is 1. The van der Waals surface area contributed by atoms with Crippen molar-refractivity contribution in [3.8, 4) is 0 Å². The standard InChI is InChI=1S/C18H20F2N2O2/c1-12(17-15(19)6-4-7-16(17)20)18(24)22-10-13(11-23)9-14-5-2-3-8-21-14/h2-8,12-13,23H,9-11H2,1H3,(H,22,24). The van der Waals surface area contributed by atoms with E-state index in [2.05, 4.69) is 10.3 Å². The van der Waals surface area contributed by atoms with E-state index in [1.807, 2.05) is 12.1 Å². The summed E-state index contributed by atoms with van der Waals surface area (Å²) in [5.74, 6) is -3.16. The summed E-state index contributed by atoms with van der Waals surface area (Å²) in [6.45, 7) is 1.52. The van der Waals surface area contributed by atoms with Crippen LogP contribution in [0.2, 0.25) is 0 Å². The summed E-state index contributed by atoms with van der Waals surface area (Å²) in [4.78, 5) is 16.4. The van der Waals surface area contributed by atoms with Crippen molar-refractivity contribution >= 4 is 5.91 Å². The predicted molar refractivity (Wildman–Crippen MR) is 86.3 cm³/mol. The van der Waals surface area contributed by atoms with E-state index in [0.717, 1.165) is 17.8 Å². The summed E-state index contributed by atoms with van der Waals surface area (Å²) in [6.07, 6.45) is 2.16. The highest BCUT2D eigenvalue weighted by Crippen LogP contribution is 2.22. The second-order valence-corrected chi connectivity index (χ2v) is 5.68. The van der Waals surface area contributed by atoms with E-state index < -0.39 is 23.5 Å². The Morgan fingerprint density at radius 1 is 1.21 bits per heavy atom. The Morgan fingerprint density at radius 2 is 1.92 bits per heavy atom. The average molecular weight is 334 g/mol. The zero-order valence-electron chi connectivity index (χ0n) is 13.4. The van der Waals surface area contributed by atoms with Gasteiger partial charge in [0.05, 0.1) is 5.92 Å². The average Bonchev–Trinajstić information content (AvgIpc) is 2.58. The fraction of sp³-hybridized carbons (Fsp3) is 0.333. The largest absolute Gasteiger partial charge is 0.396 e. The minimum absolute atomic E-state index is 0.126. The number of carbonyl (C=O) groups excluding carboxylic acids is 1. The Labute approximate surface area is 139 Å². The second kappa shape index (κ2) is 8.49. The molecule has 0 radical (unpaired) electrons. The van der Waals surface area contributed by atoms with Crippen molar-refractivity contribution in [2.75, 3.05) is 13.2 Å². The van der Waals surface area contributed by atoms with Gasteiger partial charge in [0.25, 0.3) is 0 Å². The molecule has 24 heavy (non-hydrogen) atoms. The number of hydrogen-bond donors (Lipinski definition) is 2. The molecule has 1 heterocycles. The number of nitrogens with one attached hydrogen (secondary N) is 1. The van der Waals surface area contributed by atoms with Gasteiger partial charge in [-0.2, -0.15) is 0 Å².